The molecule has 2 aromatic heterocycles. The van der Waals surface area contributed by atoms with Gasteiger partial charge in [0.15, 0.2) is 11.6 Å². The van der Waals surface area contributed by atoms with Gasteiger partial charge >= 0.3 is 5.97 Å². The second kappa shape index (κ2) is 12.3. The fourth-order valence-corrected chi connectivity index (χ4v) is 5.66. The summed E-state index contributed by atoms with van der Waals surface area (Å²) in [5.74, 6) is -3.46. The van der Waals surface area contributed by atoms with Crippen LogP contribution in [-0.4, -0.2) is 55.3 Å². The molecule has 1 atom stereocenters. The summed E-state index contributed by atoms with van der Waals surface area (Å²) in [5.41, 5.74) is 0.373. The van der Waals surface area contributed by atoms with Crippen molar-refractivity contribution in [1.82, 2.24) is 20.2 Å². The van der Waals surface area contributed by atoms with E-state index in [0.717, 1.165) is 23.9 Å². The van der Waals surface area contributed by atoms with Crippen molar-refractivity contribution >= 4 is 63.5 Å². The Morgan fingerprint density at radius 1 is 1.23 bits per heavy atom. The molecule has 40 heavy (non-hydrogen) atoms. The summed E-state index contributed by atoms with van der Waals surface area (Å²) in [6.45, 7) is 5.02. The molecule has 0 radical (unpaired) electrons. The Hall–Kier alpha value is -3.62. The fourth-order valence-electron chi connectivity index (χ4n) is 3.44. The molecule has 1 aliphatic heterocycles. The highest BCUT2D eigenvalue weighted by Gasteiger charge is 2.33. The van der Waals surface area contributed by atoms with Gasteiger partial charge in [-0.15, -0.1) is 11.3 Å². The molecule has 1 aliphatic rings. The van der Waals surface area contributed by atoms with Crippen LogP contribution in [0.2, 0.25) is 0 Å². The Bertz CT molecular complexity index is 1470. The number of carbonyl (C=O) groups excluding carboxylic acids is 3. The van der Waals surface area contributed by atoms with Crippen molar-refractivity contribution in [3.05, 3.63) is 63.6 Å². The number of thiophene rings is 1. The predicted molar refractivity (Wildman–Crippen MR) is 151 cm³/mol. The van der Waals surface area contributed by atoms with Gasteiger partial charge in [-0.05, 0) is 61.6 Å². The summed E-state index contributed by atoms with van der Waals surface area (Å²) >= 11 is 7.77. The maximum atomic E-state index is 13.6. The summed E-state index contributed by atoms with van der Waals surface area (Å²) in [4.78, 5) is 47.2. The lowest BCUT2D eigenvalue weighted by atomic mass is 10.1. The predicted octanol–water partition coefficient (Wildman–Crippen LogP) is 4.87. The van der Waals surface area contributed by atoms with Crippen LogP contribution in [-0.2, 0) is 19.1 Å². The van der Waals surface area contributed by atoms with E-state index in [2.05, 4.69) is 15.3 Å². The summed E-state index contributed by atoms with van der Waals surface area (Å²) in [6, 6.07) is 5.40. The molecule has 3 aromatic rings. The van der Waals surface area contributed by atoms with E-state index in [-0.39, 0.29) is 29.1 Å². The molecule has 1 fully saturated rings. The number of benzene rings is 1. The third-order valence-electron chi connectivity index (χ3n) is 5.21. The molecule has 9 nitrogen and oxygen atoms in total. The van der Waals surface area contributed by atoms with E-state index in [0.29, 0.717) is 20.9 Å². The summed E-state index contributed by atoms with van der Waals surface area (Å²) < 4.78 is 38.0. The maximum absolute atomic E-state index is 13.6. The normalized spacial score (nSPS) is 15.4. The van der Waals surface area contributed by atoms with Crippen molar-refractivity contribution in [2.75, 3.05) is 6.54 Å². The number of aromatic amines is 1. The topological polar surface area (TPSA) is 114 Å². The number of nitrogens with one attached hydrogen (secondary N) is 2. The number of aromatic nitrogens is 2. The Balaban J connectivity index is 1.38. The van der Waals surface area contributed by atoms with Crippen LogP contribution in [0.5, 0.6) is 5.88 Å². The number of hydrogen-bond donors (Lipinski definition) is 2. The molecule has 1 saturated heterocycles. The first-order valence-corrected chi connectivity index (χ1v) is 14.0. The van der Waals surface area contributed by atoms with Crippen LogP contribution < -0.4 is 10.1 Å². The van der Waals surface area contributed by atoms with Crippen LogP contribution >= 0.6 is 35.3 Å². The summed E-state index contributed by atoms with van der Waals surface area (Å²) in [5, 5.41) is 4.25. The smallest absolute Gasteiger partial charge is 0.369 e. The van der Waals surface area contributed by atoms with Crippen molar-refractivity contribution in [3.8, 4) is 17.0 Å². The Kier molecular flexibility index (Phi) is 9.01. The average Bonchev–Trinajstić information content (AvgIpc) is 3.61. The highest BCUT2D eigenvalue weighted by Crippen LogP contribution is 2.35. The molecule has 1 aromatic carbocycles. The lowest BCUT2D eigenvalue weighted by molar-refractivity contribution is -0.166. The SMILES string of the molecule is CC(C)(C)OC(=O)[C@@H](NC(=O)CCN1C(=O)C(=Cc2cc(-c3ccc(F)c(F)c3)cs2)SC1=S)Oc1cnc[nH]1. The van der Waals surface area contributed by atoms with Gasteiger partial charge in [0.25, 0.3) is 12.1 Å². The standard InChI is InChI=1S/C26H24F2N4O5S3/c1-26(2,3)37-24(35)22(36-21-11-29-13-30-21)31-20(33)6-7-32-23(34)19(40-25(32)38)10-16-8-15(12-39-16)14-4-5-17(27)18(28)9-14/h4-5,8-13,22H,6-7H2,1-3H3,(H,29,30)(H,31,33)/t22-/m0/s1. The summed E-state index contributed by atoms with van der Waals surface area (Å²) in [7, 11) is 0. The molecule has 210 valence electrons. The molecule has 3 heterocycles. The molecule has 0 spiro atoms. The van der Waals surface area contributed by atoms with Gasteiger partial charge in [0.2, 0.25) is 11.8 Å². The second-order valence-corrected chi connectivity index (χ2v) is 12.1. The van der Waals surface area contributed by atoms with Gasteiger partial charge in [-0.2, -0.15) is 0 Å². The number of esters is 1. The van der Waals surface area contributed by atoms with Crippen LogP contribution in [0, 0.1) is 11.6 Å². The van der Waals surface area contributed by atoms with E-state index >= 15 is 0 Å². The molecule has 0 saturated carbocycles. The second-order valence-electron chi connectivity index (χ2n) is 9.46. The van der Waals surface area contributed by atoms with Crippen molar-refractivity contribution in [2.24, 2.45) is 0 Å². The average molecular weight is 607 g/mol. The quantitative estimate of drug-likeness (QED) is 0.154. The molecule has 14 heteroatoms. The molecular weight excluding hydrogens is 583 g/mol. The first-order chi connectivity index (χ1) is 18.9. The highest BCUT2D eigenvalue weighted by molar-refractivity contribution is 8.26. The number of imidazole rings is 1. The molecule has 2 N–H and O–H groups in total. The number of rotatable bonds is 9. The van der Waals surface area contributed by atoms with Crippen LogP contribution in [0.4, 0.5) is 8.78 Å². The number of hydrogen-bond acceptors (Lipinski definition) is 9. The Morgan fingerprint density at radius 2 is 2.00 bits per heavy atom. The summed E-state index contributed by atoms with van der Waals surface area (Å²) in [6.07, 6.45) is 2.74. The molecule has 2 amide bonds. The number of halogens is 2. The molecule has 0 aliphatic carbocycles. The molecule has 0 unspecified atom stereocenters. The number of nitrogens with zero attached hydrogens (tertiary/aromatic N) is 2. The van der Waals surface area contributed by atoms with E-state index in [1.54, 1.807) is 38.3 Å². The lowest BCUT2D eigenvalue weighted by Gasteiger charge is -2.24. The van der Waals surface area contributed by atoms with E-state index in [4.69, 9.17) is 21.7 Å². The van der Waals surface area contributed by atoms with Crippen LogP contribution in [0.3, 0.4) is 0 Å². The minimum absolute atomic E-state index is 0.0243. The minimum atomic E-state index is -1.44. The van der Waals surface area contributed by atoms with Crippen molar-refractivity contribution < 1.29 is 32.6 Å². The Morgan fingerprint density at radius 3 is 2.67 bits per heavy atom. The van der Waals surface area contributed by atoms with Gasteiger partial charge in [-0.3, -0.25) is 14.5 Å². The zero-order valence-electron chi connectivity index (χ0n) is 21.5. The minimum Gasteiger partial charge on any atom is -0.456 e. The first-order valence-electron chi connectivity index (χ1n) is 11.9. The lowest BCUT2D eigenvalue weighted by Crippen LogP contribution is -2.48. The fraction of sp³-hybridized carbons (Fsp3) is 0.269. The van der Waals surface area contributed by atoms with Crippen molar-refractivity contribution in [3.63, 3.8) is 0 Å². The largest absolute Gasteiger partial charge is 0.456 e. The van der Waals surface area contributed by atoms with Crippen LogP contribution in [0.1, 0.15) is 32.1 Å². The first kappa shape index (κ1) is 29.4. The number of thioether (sulfide) groups is 1. The van der Waals surface area contributed by atoms with Gasteiger partial charge in [-0.1, -0.05) is 30.0 Å². The van der Waals surface area contributed by atoms with Crippen LogP contribution in [0.15, 0.2) is 47.1 Å². The van der Waals surface area contributed by atoms with Gasteiger partial charge in [0.05, 0.1) is 17.4 Å². The third kappa shape index (κ3) is 7.52. The van der Waals surface area contributed by atoms with E-state index in [1.807, 2.05) is 0 Å². The molecule has 0 bridgehead atoms. The third-order valence-corrected chi connectivity index (χ3v) is 7.47. The van der Waals surface area contributed by atoms with Crippen molar-refractivity contribution in [1.29, 1.82) is 0 Å². The maximum Gasteiger partial charge on any atom is 0.369 e. The van der Waals surface area contributed by atoms with Gasteiger partial charge in [0, 0.05) is 17.8 Å². The monoisotopic (exact) mass is 606 g/mol. The highest BCUT2D eigenvalue weighted by atomic mass is 32.2. The number of thiocarbonyl (C=S) groups is 1. The van der Waals surface area contributed by atoms with E-state index in [9.17, 15) is 23.2 Å². The van der Waals surface area contributed by atoms with E-state index < -0.39 is 35.3 Å². The van der Waals surface area contributed by atoms with Gasteiger partial charge in [-0.25, -0.2) is 18.6 Å². The zero-order chi connectivity index (χ0) is 29.0. The number of H-pyrrole nitrogens is 1. The molecule has 4 rings (SSSR count). The van der Waals surface area contributed by atoms with Gasteiger partial charge in [0.1, 0.15) is 9.92 Å². The van der Waals surface area contributed by atoms with E-state index in [1.165, 1.54) is 34.8 Å². The number of ether oxygens (including phenoxy) is 2. The zero-order valence-corrected chi connectivity index (χ0v) is 24.0. The number of carbonyl (C=O) groups is 3. The molecular formula is C26H24F2N4O5S3. The van der Waals surface area contributed by atoms with Crippen molar-refractivity contribution in [2.45, 2.75) is 39.0 Å². The van der Waals surface area contributed by atoms with Gasteiger partial charge < -0.3 is 19.8 Å². The number of amides is 2. The Labute approximate surface area is 241 Å². The van der Waals surface area contributed by atoms with Crippen LogP contribution in [0.25, 0.3) is 17.2 Å².